The minimum absolute atomic E-state index is 0.00518. The molecule has 2 heterocycles. The smallest absolute Gasteiger partial charge is 0.220 e. The Labute approximate surface area is 145 Å². The second kappa shape index (κ2) is 8.05. The monoisotopic (exact) mass is 345 g/mol. The lowest BCUT2D eigenvalue weighted by Crippen LogP contribution is -2.37. The van der Waals surface area contributed by atoms with Gasteiger partial charge in [-0.3, -0.25) is 9.78 Å². The van der Waals surface area contributed by atoms with Gasteiger partial charge in [-0.05, 0) is 43.5 Å². The molecule has 1 aliphatic rings. The van der Waals surface area contributed by atoms with E-state index in [9.17, 15) is 13.6 Å². The minimum Gasteiger partial charge on any atom is -0.365 e. The quantitative estimate of drug-likeness (QED) is 0.875. The molecule has 132 valence electrons. The molecule has 25 heavy (non-hydrogen) atoms. The summed E-state index contributed by atoms with van der Waals surface area (Å²) in [4.78, 5) is 18.0. The number of amides is 1. The van der Waals surface area contributed by atoms with E-state index in [4.69, 9.17) is 0 Å². The largest absolute Gasteiger partial charge is 0.365 e. The molecule has 1 fully saturated rings. The van der Waals surface area contributed by atoms with E-state index >= 15 is 0 Å². The van der Waals surface area contributed by atoms with Crippen LogP contribution in [0.2, 0.25) is 0 Å². The van der Waals surface area contributed by atoms with Crippen LogP contribution in [0.5, 0.6) is 0 Å². The van der Waals surface area contributed by atoms with Gasteiger partial charge in [0, 0.05) is 37.4 Å². The zero-order chi connectivity index (χ0) is 17.6. The average molecular weight is 345 g/mol. The van der Waals surface area contributed by atoms with E-state index in [1.54, 1.807) is 11.1 Å². The lowest BCUT2D eigenvalue weighted by Gasteiger charge is -2.20. The number of nitrogens with zero attached hydrogens (tertiary/aromatic N) is 2. The van der Waals surface area contributed by atoms with E-state index in [1.807, 2.05) is 18.2 Å². The van der Waals surface area contributed by atoms with Crippen LogP contribution in [0.25, 0.3) is 0 Å². The molecule has 1 amide bonds. The van der Waals surface area contributed by atoms with Gasteiger partial charge in [-0.25, -0.2) is 8.78 Å². The molecule has 1 saturated heterocycles. The number of aryl methyl sites for hydroxylation is 1. The topological polar surface area (TPSA) is 45.2 Å². The van der Waals surface area contributed by atoms with Crippen molar-refractivity contribution in [3.8, 4) is 0 Å². The van der Waals surface area contributed by atoms with Crippen LogP contribution in [0.4, 0.5) is 14.5 Å². The molecule has 2 aromatic rings. The van der Waals surface area contributed by atoms with Gasteiger partial charge in [0.05, 0.1) is 0 Å². The van der Waals surface area contributed by atoms with Crippen LogP contribution >= 0.6 is 0 Å². The van der Waals surface area contributed by atoms with Crippen molar-refractivity contribution in [3.05, 3.63) is 59.9 Å². The number of hydrogen-bond donors (Lipinski definition) is 1. The fourth-order valence-electron chi connectivity index (χ4n) is 3.15. The van der Waals surface area contributed by atoms with Crippen LogP contribution in [0.3, 0.4) is 0 Å². The van der Waals surface area contributed by atoms with Gasteiger partial charge in [0.25, 0.3) is 0 Å². The van der Waals surface area contributed by atoms with Crippen molar-refractivity contribution < 1.29 is 13.6 Å². The first kappa shape index (κ1) is 17.3. The van der Waals surface area contributed by atoms with Gasteiger partial charge in [-0.1, -0.05) is 12.1 Å². The molecule has 0 unspecified atom stereocenters. The summed E-state index contributed by atoms with van der Waals surface area (Å²) in [7, 11) is 0. The van der Waals surface area contributed by atoms with Gasteiger partial charge in [-0.15, -0.1) is 0 Å². The van der Waals surface area contributed by atoms with Crippen LogP contribution in [-0.4, -0.2) is 30.0 Å². The van der Waals surface area contributed by atoms with Crippen molar-refractivity contribution in [1.82, 2.24) is 10.3 Å². The summed E-state index contributed by atoms with van der Waals surface area (Å²) in [6, 6.07) is 9.50. The predicted molar refractivity (Wildman–Crippen MR) is 92.3 cm³/mol. The average Bonchev–Trinajstić information content (AvgIpc) is 3.03. The number of pyridine rings is 1. The van der Waals surface area contributed by atoms with Crippen LogP contribution in [0.1, 0.15) is 25.0 Å². The maximum Gasteiger partial charge on any atom is 0.220 e. The predicted octanol–water partition coefficient (Wildman–Crippen LogP) is 3.08. The fourth-order valence-corrected chi connectivity index (χ4v) is 3.15. The number of benzene rings is 1. The molecular weight excluding hydrogens is 324 g/mol. The number of carbonyl (C=O) groups excluding carboxylic acids is 1. The molecule has 6 heteroatoms. The highest BCUT2D eigenvalue weighted by atomic mass is 19.1. The Hall–Kier alpha value is -2.50. The van der Waals surface area contributed by atoms with E-state index in [0.717, 1.165) is 18.5 Å². The lowest BCUT2D eigenvalue weighted by atomic mass is 10.1. The van der Waals surface area contributed by atoms with E-state index in [1.165, 1.54) is 18.2 Å². The SMILES string of the molecule is O=C(CCCc1ccccn1)N[C@H]1CCN(c2c(F)cccc2F)C1. The summed E-state index contributed by atoms with van der Waals surface area (Å²) in [5.74, 6) is -1.17. The normalized spacial score (nSPS) is 16.9. The number of rotatable bonds is 6. The Morgan fingerprint density at radius 1 is 1.20 bits per heavy atom. The van der Waals surface area contributed by atoms with Gasteiger partial charge < -0.3 is 10.2 Å². The first-order valence-electron chi connectivity index (χ1n) is 8.51. The highest BCUT2D eigenvalue weighted by molar-refractivity contribution is 5.76. The van der Waals surface area contributed by atoms with Gasteiger partial charge in [0.1, 0.15) is 17.3 Å². The molecule has 3 rings (SSSR count). The number of aromatic nitrogens is 1. The molecule has 4 nitrogen and oxygen atoms in total. The van der Waals surface area contributed by atoms with Crippen molar-refractivity contribution in [3.63, 3.8) is 0 Å². The molecule has 1 aromatic heterocycles. The van der Waals surface area contributed by atoms with Gasteiger partial charge in [0.2, 0.25) is 5.91 Å². The van der Waals surface area contributed by atoms with E-state index in [2.05, 4.69) is 10.3 Å². The van der Waals surface area contributed by atoms with Crippen LogP contribution in [0.15, 0.2) is 42.6 Å². The molecule has 1 N–H and O–H groups in total. The summed E-state index contributed by atoms with van der Waals surface area (Å²) in [5, 5.41) is 2.96. The van der Waals surface area contributed by atoms with Crippen molar-refractivity contribution >= 4 is 11.6 Å². The summed E-state index contributed by atoms with van der Waals surface area (Å²) in [5.41, 5.74) is 0.965. The van der Waals surface area contributed by atoms with Crippen molar-refractivity contribution in [2.24, 2.45) is 0 Å². The molecule has 0 spiro atoms. The van der Waals surface area contributed by atoms with Gasteiger partial charge in [0.15, 0.2) is 0 Å². The van der Waals surface area contributed by atoms with E-state index in [0.29, 0.717) is 25.9 Å². The second-order valence-corrected chi connectivity index (χ2v) is 6.24. The maximum absolute atomic E-state index is 13.8. The standard InChI is InChI=1S/C19H21F2N3O/c20-16-7-4-8-17(21)19(16)24-12-10-15(13-24)23-18(25)9-3-6-14-5-1-2-11-22-14/h1-2,4-5,7-8,11,15H,3,6,9-10,12-13H2,(H,23,25)/t15-/m0/s1. The first-order valence-corrected chi connectivity index (χ1v) is 8.51. The molecule has 0 radical (unpaired) electrons. The highest BCUT2D eigenvalue weighted by Gasteiger charge is 2.27. The summed E-state index contributed by atoms with van der Waals surface area (Å²) in [6.07, 6.45) is 4.32. The highest BCUT2D eigenvalue weighted by Crippen LogP contribution is 2.26. The van der Waals surface area contributed by atoms with E-state index in [-0.39, 0.29) is 17.6 Å². The van der Waals surface area contributed by atoms with Crippen LogP contribution in [-0.2, 0) is 11.2 Å². The van der Waals surface area contributed by atoms with Gasteiger partial charge >= 0.3 is 0 Å². The minimum atomic E-state index is -0.567. The Morgan fingerprint density at radius 2 is 2.00 bits per heavy atom. The van der Waals surface area contributed by atoms with E-state index < -0.39 is 11.6 Å². The number of nitrogens with one attached hydrogen (secondary N) is 1. The molecule has 0 aliphatic carbocycles. The Bertz CT molecular complexity index is 704. The summed E-state index contributed by atoms with van der Waals surface area (Å²) in [6.45, 7) is 0.945. The van der Waals surface area contributed by atoms with Gasteiger partial charge in [-0.2, -0.15) is 0 Å². The Balaban J connectivity index is 1.46. The third-order valence-corrected chi connectivity index (χ3v) is 4.37. The maximum atomic E-state index is 13.8. The number of anilines is 1. The number of halogens is 2. The zero-order valence-electron chi connectivity index (χ0n) is 13.9. The third-order valence-electron chi connectivity index (χ3n) is 4.37. The van der Waals surface area contributed by atoms with Crippen molar-refractivity contribution in [2.45, 2.75) is 31.7 Å². The molecular formula is C19H21F2N3O. The first-order chi connectivity index (χ1) is 12.1. The lowest BCUT2D eigenvalue weighted by molar-refractivity contribution is -0.121. The van der Waals surface area contributed by atoms with Crippen LogP contribution < -0.4 is 10.2 Å². The van der Waals surface area contributed by atoms with Crippen molar-refractivity contribution in [1.29, 1.82) is 0 Å². The zero-order valence-corrected chi connectivity index (χ0v) is 13.9. The molecule has 1 aromatic carbocycles. The molecule has 0 saturated carbocycles. The Kier molecular flexibility index (Phi) is 5.58. The summed E-state index contributed by atoms with van der Waals surface area (Å²) >= 11 is 0. The van der Waals surface area contributed by atoms with Crippen LogP contribution in [0, 0.1) is 11.6 Å². The fraction of sp³-hybridized carbons (Fsp3) is 0.368. The third kappa shape index (κ3) is 4.53. The number of carbonyl (C=O) groups is 1. The number of para-hydroxylation sites is 1. The molecule has 1 aliphatic heterocycles. The Morgan fingerprint density at radius 3 is 2.72 bits per heavy atom. The second-order valence-electron chi connectivity index (χ2n) is 6.24. The summed E-state index contributed by atoms with van der Waals surface area (Å²) < 4.78 is 27.7. The number of hydrogen-bond acceptors (Lipinski definition) is 3. The molecule has 0 bridgehead atoms. The molecule has 1 atom stereocenters. The van der Waals surface area contributed by atoms with Crippen molar-refractivity contribution in [2.75, 3.05) is 18.0 Å².